The van der Waals surface area contributed by atoms with Gasteiger partial charge >= 0.3 is 0 Å². The first-order valence-electron chi connectivity index (χ1n) is 7.81. The third-order valence-corrected chi connectivity index (χ3v) is 4.68. The molecule has 2 rings (SSSR count). The SMILES string of the molecule is Cc1ccc(SC(=O)C[C@@H](O)c2ccc(C(C)(C)C)cc2)cc1. The van der Waals surface area contributed by atoms with Crippen molar-refractivity contribution in [2.45, 2.75) is 50.5 Å². The van der Waals surface area contributed by atoms with Gasteiger partial charge in [-0.1, -0.05) is 74.5 Å². The third-order valence-electron chi connectivity index (χ3n) is 3.77. The lowest BCUT2D eigenvalue weighted by atomic mass is 9.86. The van der Waals surface area contributed by atoms with E-state index in [4.69, 9.17) is 0 Å². The molecule has 0 amide bonds. The lowest BCUT2D eigenvalue weighted by Crippen LogP contribution is -2.11. The van der Waals surface area contributed by atoms with Crippen LogP contribution in [0.1, 0.15) is 50.0 Å². The lowest BCUT2D eigenvalue weighted by molar-refractivity contribution is -0.112. The molecule has 0 radical (unpaired) electrons. The minimum Gasteiger partial charge on any atom is -0.388 e. The average Bonchev–Trinajstić information content (AvgIpc) is 2.49. The second-order valence-corrected chi connectivity index (χ2v) is 8.01. The van der Waals surface area contributed by atoms with Crippen molar-refractivity contribution in [2.75, 3.05) is 0 Å². The first kappa shape index (κ1) is 17.8. The van der Waals surface area contributed by atoms with Crippen LogP contribution in [0.25, 0.3) is 0 Å². The lowest BCUT2D eigenvalue weighted by Gasteiger charge is -2.20. The number of hydrogen-bond donors (Lipinski definition) is 1. The van der Waals surface area contributed by atoms with Crippen LogP contribution in [0.5, 0.6) is 0 Å². The van der Waals surface area contributed by atoms with Crippen molar-refractivity contribution < 1.29 is 9.90 Å². The molecule has 0 aliphatic carbocycles. The van der Waals surface area contributed by atoms with Crippen molar-refractivity contribution in [1.82, 2.24) is 0 Å². The fourth-order valence-electron chi connectivity index (χ4n) is 2.26. The number of hydrogen-bond acceptors (Lipinski definition) is 3. The maximum absolute atomic E-state index is 12.1. The highest BCUT2D eigenvalue weighted by Gasteiger charge is 2.17. The fourth-order valence-corrected chi connectivity index (χ4v) is 3.04. The molecule has 0 unspecified atom stereocenters. The molecule has 1 N–H and O–H groups in total. The number of carbonyl (C=O) groups excluding carboxylic acids is 1. The summed E-state index contributed by atoms with van der Waals surface area (Å²) in [5, 5.41) is 10.2. The Labute approximate surface area is 142 Å². The van der Waals surface area contributed by atoms with Gasteiger partial charge < -0.3 is 5.11 Å². The Morgan fingerprint density at radius 1 is 1.04 bits per heavy atom. The summed E-state index contributed by atoms with van der Waals surface area (Å²) in [4.78, 5) is 13.0. The van der Waals surface area contributed by atoms with Crippen LogP contribution >= 0.6 is 11.8 Å². The molecule has 0 saturated heterocycles. The fraction of sp³-hybridized carbons (Fsp3) is 0.350. The van der Waals surface area contributed by atoms with Gasteiger partial charge in [-0.3, -0.25) is 4.79 Å². The van der Waals surface area contributed by atoms with E-state index < -0.39 is 6.10 Å². The summed E-state index contributed by atoms with van der Waals surface area (Å²) in [6.07, 6.45) is -0.637. The smallest absolute Gasteiger partial charge is 0.196 e. The van der Waals surface area contributed by atoms with Gasteiger partial charge in [0.1, 0.15) is 0 Å². The molecule has 0 aliphatic rings. The van der Waals surface area contributed by atoms with E-state index in [-0.39, 0.29) is 17.0 Å². The van der Waals surface area contributed by atoms with E-state index in [1.54, 1.807) is 0 Å². The highest BCUT2D eigenvalue weighted by Crippen LogP contribution is 2.28. The number of thioether (sulfide) groups is 1. The van der Waals surface area contributed by atoms with E-state index in [1.807, 2.05) is 55.5 Å². The second-order valence-electron chi connectivity index (χ2n) is 6.88. The van der Waals surface area contributed by atoms with Gasteiger partial charge in [-0.15, -0.1) is 0 Å². The zero-order valence-electron chi connectivity index (χ0n) is 14.2. The van der Waals surface area contributed by atoms with E-state index in [0.717, 1.165) is 10.5 Å². The number of aliphatic hydroxyl groups excluding tert-OH is 1. The molecule has 2 nitrogen and oxygen atoms in total. The molecule has 122 valence electrons. The Morgan fingerprint density at radius 2 is 1.61 bits per heavy atom. The molecular weight excluding hydrogens is 304 g/mol. The van der Waals surface area contributed by atoms with Crippen LogP contribution in [0.3, 0.4) is 0 Å². The van der Waals surface area contributed by atoms with Crippen molar-refractivity contribution in [3.8, 4) is 0 Å². The summed E-state index contributed by atoms with van der Waals surface area (Å²) < 4.78 is 0. The van der Waals surface area contributed by atoms with Crippen molar-refractivity contribution in [3.05, 3.63) is 65.2 Å². The van der Waals surface area contributed by atoms with E-state index >= 15 is 0 Å². The second kappa shape index (κ2) is 7.33. The number of carbonyl (C=O) groups is 1. The van der Waals surface area contributed by atoms with E-state index in [0.29, 0.717) is 0 Å². The minimum atomic E-state index is -0.755. The Bertz CT molecular complexity index is 652. The Hall–Kier alpha value is -1.58. The van der Waals surface area contributed by atoms with Crippen LogP contribution in [0, 0.1) is 6.92 Å². The Balaban J connectivity index is 1.96. The largest absolute Gasteiger partial charge is 0.388 e. The molecule has 2 aromatic rings. The zero-order valence-corrected chi connectivity index (χ0v) is 15.0. The van der Waals surface area contributed by atoms with Gasteiger partial charge in [0.15, 0.2) is 5.12 Å². The molecule has 0 aromatic heterocycles. The first-order valence-corrected chi connectivity index (χ1v) is 8.63. The summed E-state index contributed by atoms with van der Waals surface area (Å²) in [7, 11) is 0. The molecule has 0 heterocycles. The first-order chi connectivity index (χ1) is 10.8. The van der Waals surface area contributed by atoms with Crippen LogP contribution < -0.4 is 0 Å². The van der Waals surface area contributed by atoms with Gasteiger partial charge in [0.2, 0.25) is 0 Å². The van der Waals surface area contributed by atoms with E-state index in [9.17, 15) is 9.90 Å². The maximum Gasteiger partial charge on any atom is 0.196 e. The Morgan fingerprint density at radius 3 is 2.13 bits per heavy atom. The van der Waals surface area contributed by atoms with Crippen molar-refractivity contribution in [2.24, 2.45) is 0 Å². The Kier molecular flexibility index (Phi) is 5.66. The number of aliphatic hydroxyl groups is 1. The van der Waals surface area contributed by atoms with Crippen LogP contribution in [0.2, 0.25) is 0 Å². The molecule has 0 aliphatic heterocycles. The number of rotatable bonds is 4. The predicted octanol–water partition coefficient (Wildman–Crippen LogP) is 5.03. The standard InChI is InChI=1S/C20H24O2S/c1-14-5-11-17(12-6-14)23-19(22)13-18(21)15-7-9-16(10-8-15)20(2,3)4/h5-12,18,21H,13H2,1-4H3/t18-/m1/s1. The summed E-state index contributed by atoms with van der Waals surface area (Å²) in [6, 6.07) is 15.7. The molecule has 0 bridgehead atoms. The van der Waals surface area contributed by atoms with Gasteiger partial charge in [-0.25, -0.2) is 0 Å². The number of aryl methyl sites for hydroxylation is 1. The van der Waals surface area contributed by atoms with Gasteiger partial charge in [0.25, 0.3) is 0 Å². The molecule has 0 spiro atoms. The maximum atomic E-state index is 12.1. The average molecular weight is 328 g/mol. The number of benzene rings is 2. The summed E-state index contributed by atoms with van der Waals surface area (Å²) >= 11 is 1.18. The van der Waals surface area contributed by atoms with E-state index in [2.05, 4.69) is 20.8 Å². The minimum absolute atomic E-state index is 0.0266. The topological polar surface area (TPSA) is 37.3 Å². The van der Waals surface area contributed by atoms with Gasteiger partial charge in [-0.2, -0.15) is 0 Å². The van der Waals surface area contributed by atoms with Crippen LogP contribution in [-0.2, 0) is 10.2 Å². The molecule has 1 atom stereocenters. The summed E-state index contributed by atoms with van der Waals surface area (Å²) in [5.74, 6) is 0. The molecule has 0 saturated carbocycles. The molecule has 0 fully saturated rings. The van der Waals surface area contributed by atoms with Gasteiger partial charge in [-0.05, 0) is 35.6 Å². The highest BCUT2D eigenvalue weighted by atomic mass is 32.2. The predicted molar refractivity (Wildman–Crippen MR) is 96.8 cm³/mol. The monoisotopic (exact) mass is 328 g/mol. The van der Waals surface area contributed by atoms with Crippen molar-refractivity contribution >= 4 is 16.9 Å². The molecule has 3 heteroatoms. The van der Waals surface area contributed by atoms with Crippen LogP contribution in [0.15, 0.2) is 53.4 Å². The van der Waals surface area contributed by atoms with Crippen molar-refractivity contribution in [3.63, 3.8) is 0 Å². The van der Waals surface area contributed by atoms with Crippen LogP contribution in [0.4, 0.5) is 0 Å². The van der Waals surface area contributed by atoms with Gasteiger partial charge in [0.05, 0.1) is 6.10 Å². The quantitative estimate of drug-likeness (QED) is 0.799. The third kappa shape index (κ3) is 5.22. The normalized spacial score (nSPS) is 12.9. The van der Waals surface area contributed by atoms with Gasteiger partial charge in [0, 0.05) is 11.3 Å². The summed E-state index contributed by atoms with van der Waals surface area (Å²) in [6.45, 7) is 8.47. The van der Waals surface area contributed by atoms with Crippen LogP contribution in [-0.4, -0.2) is 10.2 Å². The highest BCUT2D eigenvalue weighted by molar-refractivity contribution is 8.13. The van der Waals surface area contributed by atoms with Crippen molar-refractivity contribution in [1.29, 1.82) is 0 Å². The molecular formula is C20H24O2S. The molecule has 2 aromatic carbocycles. The molecule has 23 heavy (non-hydrogen) atoms. The zero-order chi connectivity index (χ0) is 17.0. The summed E-state index contributed by atoms with van der Waals surface area (Å²) in [5.41, 5.74) is 3.26. The van der Waals surface area contributed by atoms with E-state index in [1.165, 1.54) is 22.9 Å².